The first kappa shape index (κ1) is 18.7. The molecular formula is C17H22FN5O2S. The van der Waals surface area contributed by atoms with Gasteiger partial charge < -0.3 is 15.0 Å². The van der Waals surface area contributed by atoms with E-state index in [1.54, 1.807) is 19.1 Å². The van der Waals surface area contributed by atoms with E-state index >= 15 is 0 Å². The quantitative estimate of drug-likeness (QED) is 0.777. The molecule has 1 aromatic carbocycles. The fraction of sp³-hybridized carbons (Fsp3) is 0.471. The van der Waals surface area contributed by atoms with Gasteiger partial charge in [-0.25, -0.2) is 4.39 Å². The smallest absolute Gasteiger partial charge is 0.234 e. The monoisotopic (exact) mass is 379 g/mol. The zero-order chi connectivity index (χ0) is 18.5. The maximum atomic E-state index is 13.8. The van der Waals surface area contributed by atoms with E-state index in [0.29, 0.717) is 24.9 Å². The molecule has 1 aliphatic rings. The van der Waals surface area contributed by atoms with Crippen LogP contribution in [-0.2, 0) is 16.1 Å². The Morgan fingerprint density at radius 3 is 2.81 bits per heavy atom. The van der Waals surface area contributed by atoms with Gasteiger partial charge in [-0.15, -0.1) is 10.2 Å². The van der Waals surface area contributed by atoms with Crippen molar-refractivity contribution >= 4 is 29.3 Å². The standard InChI is InChI=1S/C17H22FN5O2S/c1-3-23-16(22-6-8-25-9-7-22)20-21-17(23)26-11-15(24)19-14-5-4-12(2)10-13(14)18/h4-5,10H,3,6-9,11H2,1-2H3,(H,19,24). The summed E-state index contributed by atoms with van der Waals surface area (Å²) in [5.74, 6) is 0.212. The number of aryl methyl sites for hydroxylation is 1. The first-order valence-electron chi connectivity index (χ1n) is 8.53. The molecule has 1 aromatic heterocycles. The van der Waals surface area contributed by atoms with Gasteiger partial charge in [0.2, 0.25) is 11.9 Å². The summed E-state index contributed by atoms with van der Waals surface area (Å²) >= 11 is 1.29. The van der Waals surface area contributed by atoms with Gasteiger partial charge in [-0.05, 0) is 31.5 Å². The number of thioether (sulfide) groups is 1. The van der Waals surface area contributed by atoms with Gasteiger partial charge in [0.05, 0.1) is 24.7 Å². The Labute approximate surface area is 155 Å². The lowest BCUT2D eigenvalue weighted by Crippen LogP contribution is -2.38. The Balaban J connectivity index is 1.62. The second kappa shape index (κ2) is 8.50. The normalized spacial score (nSPS) is 14.5. The topological polar surface area (TPSA) is 72.3 Å². The van der Waals surface area contributed by atoms with Crippen molar-refractivity contribution in [1.29, 1.82) is 0 Å². The van der Waals surface area contributed by atoms with Crippen molar-refractivity contribution in [3.8, 4) is 0 Å². The number of benzene rings is 1. The molecule has 0 saturated carbocycles. The highest BCUT2D eigenvalue weighted by molar-refractivity contribution is 7.99. The van der Waals surface area contributed by atoms with Gasteiger partial charge in [-0.1, -0.05) is 17.8 Å². The number of anilines is 2. The molecule has 0 aliphatic carbocycles. The third kappa shape index (κ3) is 4.34. The molecule has 0 radical (unpaired) electrons. The summed E-state index contributed by atoms with van der Waals surface area (Å²) in [4.78, 5) is 14.3. The molecule has 3 rings (SSSR count). The minimum Gasteiger partial charge on any atom is -0.378 e. The third-order valence-corrected chi connectivity index (χ3v) is 5.01. The van der Waals surface area contributed by atoms with Crippen LogP contribution in [0, 0.1) is 12.7 Å². The van der Waals surface area contributed by atoms with E-state index in [4.69, 9.17) is 4.74 Å². The molecule has 0 atom stereocenters. The first-order chi connectivity index (χ1) is 12.6. The lowest BCUT2D eigenvalue weighted by Gasteiger charge is -2.27. The minimum absolute atomic E-state index is 0.133. The van der Waals surface area contributed by atoms with Gasteiger partial charge in [0.25, 0.3) is 0 Å². The largest absolute Gasteiger partial charge is 0.378 e. The van der Waals surface area contributed by atoms with E-state index in [0.717, 1.165) is 24.6 Å². The van der Waals surface area contributed by atoms with E-state index in [-0.39, 0.29) is 17.3 Å². The average molecular weight is 379 g/mol. The van der Waals surface area contributed by atoms with Crippen molar-refractivity contribution in [2.45, 2.75) is 25.5 Å². The van der Waals surface area contributed by atoms with Crippen molar-refractivity contribution < 1.29 is 13.9 Å². The van der Waals surface area contributed by atoms with Gasteiger partial charge in [0.15, 0.2) is 5.16 Å². The van der Waals surface area contributed by atoms with Gasteiger partial charge in [0.1, 0.15) is 5.82 Å². The molecule has 2 aromatic rings. The van der Waals surface area contributed by atoms with Crippen LogP contribution in [0.4, 0.5) is 16.0 Å². The number of ether oxygens (including phenoxy) is 1. The Bertz CT molecular complexity index is 777. The SMILES string of the molecule is CCn1c(SCC(=O)Nc2ccc(C)cc2F)nnc1N1CCOCC1. The fourth-order valence-electron chi connectivity index (χ4n) is 2.70. The predicted molar refractivity (Wildman–Crippen MR) is 99.2 cm³/mol. The Kier molecular flexibility index (Phi) is 6.10. The van der Waals surface area contributed by atoms with Crippen LogP contribution in [0.1, 0.15) is 12.5 Å². The summed E-state index contributed by atoms with van der Waals surface area (Å²) in [6.45, 7) is 7.41. The summed E-state index contributed by atoms with van der Waals surface area (Å²) in [6, 6.07) is 4.72. The van der Waals surface area contributed by atoms with Gasteiger partial charge in [-0.3, -0.25) is 9.36 Å². The van der Waals surface area contributed by atoms with Crippen LogP contribution in [0.15, 0.2) is 23.4 Å². The first-order valence-corrected chi connectivity index (χ1v) is 9.51. The van der Waals surface area contributed by atoms with Crippen molar-refractivity contribution in [3.63, 3.8) is 0 Å². The molecule has 1 amide bonds. The zero-order valence-corrected chi connectivity index (χ0v) is 15.7. The van der Waals surface area contributed by atoms with Crippen LogP contribution in [0.5, 0.6) is 0 Å². The lowest BCUT2D eigenvalue weighted by atomic mass is 10.2. The number of rotatable bonds is 6. The summed E-state index contributed by atoms with van der Waals surface area (Å²) < 4.78 is 21.2. The molecule has 1 fully saturated rings. The van der Waals surface area contributed by atoms with Gasteiger partial charge >= 0.3 is 0 Å². The molecule has 1 saturated heterocycles. The molecule has 9 heteroatoms. The molecule has 140 valence electrons. The summed E-state index contributed by atoms with van der Waals surface area (Å²) in [6.07, 6.45) is 0. The second-order valence-electron chi connectivity index (χ2n) is 5.95. The molecule has 26 heavy (non-hydrogen) atoms. The number of nitrogens with zero attached hydrogens (tertiary/aromatic N) is 4. The Morgan fingerprint density at radius 2 is 2.12 bits per heavy atom. The van der Waals surface area contributed by atoms with Crippen LogP contribution in [-0.4, -0.2) is 52.7 Å². The van der Waals surface area contributed by atoms with Crippen LogP contribution in [0.2, 0.25) is 0 Å². The van der Waals surface area contributed by atoms with Crippen molar-refractivity contribution in [3.05, 3.63) is 29.6 Å². The number of carbonyl (C=O) groups is 1. The number of halogens is 1. The average Bonchev–Trinajstić information content (AvgIpc) is 3.06. The summed E-state index contributed by atoms with van der Waals surface area (Å²) in [5, 5.41) is 11.7. The number of hydrogen-bond donors (Lipinski definition) is 1. The summed E-state index contributed by atoms with van der Waals surface area (Å²) in [5.41, 5.74) is 0.994. The van der Waals surface area contributed by atoms with Crippen LogP contribution in [0.25, 0.3) is 0 Å². The second-order valence-corrected chi connectivity index (χ2v) is 6.89. The Hall–Kier alpha value is -2.13. The van der Waals surface area contributed by atoms with E-state index < -0.39 is 5.82 Å². The number of carbonyl (C=O) groups excluding carboxylic acids is 1. The van der Waals surface area contributed by atoms with Crippen LogP contribution >= 0.6 is 11.8 Å². The van der Waals surface area contributed by atoms with Crippen LogP contribution in [0.3, 0.4) is 0 Å². The zero-order valence-electron chi connectivity index (χ0n) is 14.9. The van der Waals surface area contributed by atoms with Crippen LogP contribution < -0.4 is 10.2 Å². The minimum atomic E-state index is -0.435. The van der Waals surface area contributed by atoms with E-state index in [1.807, 2.05) is 11.5 Å². The van der Waals surface area contributed by atoms with Gasteiger partial charge in [0, 0.05) is 19.6 Å². The highest BCUT2D eigenvalue weighted by Gasteiger charge is 2.20. The third-order valence-electron chi connectivity index (χ3n) is 4.04. The summed E-state index contributed by atoms with van der Waals surface area (Å²) in [7, 11) is 0. The lowest BCUT2D eigenvalue weighted by molar-refractivity contribution is -0.113. The van der Waals surface area contributed by atoms with E-state index in [2.05, 4.69) is 20.4 Å². The molecule has 0 spiro atoms. The number of morpholine rings is 1. The van der Waals surface area contributed by atoms with Crippen molar-refractivity contribution in [1.82, 2.24) is 14.8 Å². The molecule has 7 nitrogen and oxygen atoms in total. The number of hydrogen-bond acceptors (Lipinski definition) is 6. The molecule has 0 bridgehead atoms. The van der Waals surface area contributed by atoms with E-state index in [9.17, 15) is 9.18 Å². The molecular weight excluding hydrogens is 357 g/mol. The number of nitrogens with one attached hydrogen (secondary N) is 1. The maximum absolute atomic E-state index is 13.8. The maximum Gasteiger partial charge on any atom is 0.234 e. The van der Waals surface area contributed by atoms with Crippen molar-refractivity contribution in [2.24, 2.45) is 0 Å². The number of aromatic nitrogens is 3. The molecule has 2 heterocycles. The predicted octanol–water partition coefficient (Wildman–Crippen LogP) is 2.31. The fourth-order valence-corrected chi connectivity index (χ4v) is 3.50. The van der Waals surface area contributed by atoms with E-state index in [1.165, 1.54) is 17.8 Å². The highest BCUT2D eigenvalue weighted by atomic mass is 32.2. The molecule has 0 unspecified atom stereocenters. The van der Waals surface area contributed by atoms with Gasteiger partial charge in [-0.2, -0.15) is 0 Å². The Morgan fingerprint density at radius 1 is 1.35 bits per heavy atom. The van der Waals surface area contributed by atoms with Crippen molar-refractivity contribution in [2.75, 3.05) is 42.3 Å². The molecule has 1 N–H and O–H groups in total. The highest BCUT2D eigenvalue weighted by Crippen LogP contribution is 2.23. The molecule has 1 aliphatic heterocycles. The number of amides is 1.